The average molecular weight is 1300 g/mol. The molecule has 0 saturated heterocycles. The van der Waals surface area contributed by atoms with Crippen molar-refractivity contribution in [3.05, 3.63) is 370 Å². The van der Waals surface area contributed by atoms with Crippen molar-refractivity contribution in [2.24, 2.45) is 0 Å². The van der Waals surface area contributed by atoms with Gasteiger partial charge in [0.1, 0.15) is 0 Å². The van der Waals surface area contributed by atoms with Crippen LogP contribution < -0.4 is 19.6 Å². The van der Waals surface area contributed by atoms with Crippen LogP contribution >= 0.6 is 22.7 Å². The van der Waals surface area contributed by atoms with Crippen molar-refractivity contribution >= 4 is 85.2 Å². The molecule has 0 amide bonds. The molecule has 98 heavy (non-hydrogen) atoms. The third-order valence-electron chi connectivity index (χ3n) is 18.9. The summed E-state index contributed by atoms with van der Waals surface area (Å²) in [6, 6.07) is 135. The van der Waals surface area contributed by atoms with Gasteiger partial charge in [-0.25, -0.2) is 0 Å². The van der Waals surface area contributed by atoms with Crippen LogP contribution in [0.5, 0.6) is 0 Å². The van der Waals surface area contributed by atoms with Gasteiger partial charge in [-0.2, -0.15) is 0 Å². The summed E-state index contributed by atoms with van der Waals surface area (Å²) in [5, 5.41) is 0. The number of para-hydroxylation sites is 3. The summed E-state index contributed by atoms with van der Waals surface area (Å²) in [4.78, 5) is 14.7. The summed E-state index contributed by atoms with van der Waals surface area (Å²) < 4.78 is 0. The van der Waals surface area contributed by atoms with E-state index in [-0.39, 0.29) is 0 Å². The highest BCUT2D eigenvalue weighted by Crippen LogP contribution is 2.44. The van der Waals surface area contributed by atoms with Gasteiger partial charge >= 0.3 is 0 Å². The van der Waals surface area contributed by atoms with E-state index in [2.05, 4.69) is 390 Å². The second kappa shape index (κ2) is 28.4. The van der Waals surface area contributed by atoms with Crippen LogP contribution in [-0.4, -0.2) is 6.04 Å². The largest absolute Gasteiger partial charge is 0.338 e. The molecule has 472 valence electrons. The van der Waals surface area contributed by atoms with E-state index in [4.69, 9.17) is 0 Å². The second-order valence-corrected chi connectivity index (χ2v) is 27.3. The van der Waals surface area contributed by atoms with E-state index in [0.717, 1.165) is 73.4 Å². The first-order valence-electron chi connectivity index (χ1n) is 34.0. The van der Waals surface area contributed by atoms with Gasteiger partial charge in [0.2, 0.25) is 0 Å². The lowest BCUT2D eigenvalue weighted by Crippen LogP contribution is -2.32. The molecule has 0 atom stereocenters. The number of anilines is 11. The van der Waals surface area contributed by atoms with Crippen molar-refractivity contribution in [3.8, 4) is 75.1 Å². The molecule has 13 aromatic carbocycles. The molecule has 0 bridgehead atoms. The molecule has 0 spiro atoms. The van der Waals surface area contributed by atoms with Crippen LogP contribution in [0.25, 0.3) is 75.1 Å². The Hall–Kier alpha value is -11.5. The molecule has 1 fully saturated rings. The number of nitrogens with zero attached hydrogens (tertiary/aromatic N) is 4. The summed E-state index contributed by atoms with van der Waals surface area (Å²) in [5.41, 5.74) is 24.4. The maximum Gasteiger partial charge on any atom is 0.0462 e. The minimum Gasteiger partial charge on any atom is -0.338 e. The molecule has 0 unspecified atom stereocenters. The van der Waals surface area contributed by atoms with Crippen molar-refractivity contribution in [2.75, 3.05) is 19.6 Å². The number of hydrogen-bond acceptors (Lipinski definition) is 6. The molecule has 4 nitrogen and oxygen atoms in total. The van der Waals surface area contributed by atoms with Crippen LogP contribution in [0, 0.1) is 0 Å². The normalized spacial score (nSPS) is 12.2. The van der Waals surface area contributed by atoms with Crippen LogP contribution in [0.1, 0.15) is 32.1 Å². The highest BCUT2D eigenvalue weighted by atomic mass is 32.1. The minimum absolute atomic E-state index is 0.470. The zero-order valence-electron chi connectivity index (χ0n) is 54.4. The molecular weight excluding hydrogens is 1230 g/mol. The molecule has 1 aliphatic rings. The Balaban J connectivity index is 0.608. The Bertz CT molecular complexity index is 5040. The van der Waals surface area contributed by atoms with Crippen molar-refractivity contribution in [3.63, 3.8) is 0 Å². The Labute approximate surface area is 584 Å². The zero-order valence-corrected chi connectivity index (χ0v) is 56.1. The van der Waals surface area contributed by atoms with Gasteiger partial charge in [-0.15, -0.1) is 22.7 Å². The summed E-state index contributed by atoms with van der Waals surface area (Å²) >= 11 is 3.69. The summed E-state index contributed by atoms with van der Waals surface area (Å²) in [5.74, 6) is 0. The molecule has 2 aromatic heterocycles. The number of thiophene rings is 2. The zero-order chi connectivity index (χ0) is 65.4. The lowest BCUT2D eigenvalue weighted by Gasteiger charge is -2.36. The van der Waals surface area contributed by atoms with Gasteiger partial charge < -0.3 is 19.6 Å². The van der Waals surface area contributed by atoms with Crippen LogP contribution in [0.4, 0.5) is 62.6 Å². The fraction of sp³-hybridized carbons (Fsp3) is 0.0652. The highest BCUT2D eigenvalue weighted by Gasteiger charge is 2.25. The first-order chi connectivity index (χ1) is 48.6. The molecule has 0 N–H and O–H groups in total. The predicted octanol–water partition coefficient (Wildman–Crippen LogP) is 27.4. The Morgan fingerprint density at radius 3 is 0.612 bits per heavy atom. The molecule has 15 aromatic rings. The monoisotopic (exact) mass is 1300 g/mol. The van der Waals surface area contributed by atoms with Gasteiger partial charge in [0.05, 0.1) is 0 Å². The topological polar surface area (TPSA) is 13.0 Å². The van der Waals surface area contributed by atoms with Crippen molar-refractivity contribution < 1.29 is 0 Å². The summed E-state index contributed by atoms with van der Waals surface area (Å²) in [6.07, 6.45) is 6.27. The second-order valence-electron chi connectivity index (χ2n) is 25.1. The van der Waals surface area contributed by atoms with Gasteiger partial charge in [0, 0.05) is 88.1 Å². The third-order valence-corrected chi connectivity index (χ3v) is 21.3. The molecular formula is C92H72N4S2. The van der Waals surface area contributed by atoms with Gasteiger partial charge in [-0.1, -0.05) is 232 Å². The van der Waals surface area contributed by atoms with E-state index in [0.29, 0.717) is 6.04 Å². The summed E-state index contributed by atoms with van der Waals surface area (Å²) in [7, 11) is 0. The van der Waals surface area contributed by atoms with Crippen molar-refractivity contribution in [2.45, 2.75) is 38.1 Å². The van der Waals surface area contributed by atoms with Crippen molar-refractivity contribution in [1.29, 1.82) is 0 Å². The fourth-order valence-corrected chi connectivity index (χ4v) is 15.9. The molecule has 6 heteroatoms. The number of benzene rings is 13. The van der Waals surface area contributed by atoms with E-state index < -0.39 is 0 Å². The van der Waals surface area contributed by atoms with E-state index in [1.54, 1.807) is 0 Å². The molecule has 0 radical (unpaired) electrons. The SMILES string of the molecule is c1ccc(-c2ccc(-c3ccc(N(c4ccccc4)c4ccc(-c5ccc(N(c6ccccc6)c6ccc(-c7ccc(N(c8ccccc8)c8ccc(-c9ccc(N(c%10ccc(-c%11ccc(-c%12ccccc%12)s%11)cc%10)C%10CCCCC%10)cc9)cc8)cc7)cc6)cc5)cc4)cc3)s2)cc1. The Morgan fingerprint density at radius 2 is 0.367 bits per heavy atom. The van der Waals surface area contributed by atoms with E-state index >= 15 is 0 Å². The van der Waals surface area contributed by atoms with Crippen LogP contribution in [0.2, 0.25) is 0 Å². The highest BCUT2D eigenvalue weighted by molar-refractivity contribution is 7.19. The molecule has 0 aliphatic heterocycles. The molecule has 1 saturated carbocycles. The molecule has 16 rings (SSSR count). The van der Waals surface area contributed by atoms with Gasteiger partial charge in [0.15, 0.2) is 0 Å². The molecule has 1 aliphatic carbocycles. The lowest BCUT2D eigenvalue weighted by atomic mass is 9.93. The smallest absolute Gasteiger partial charge is 0.0462 e. The maximum atomic E-state index is 2.60. The van der Waals surface area contributed by atoms with E-state index in [1.165, 1.54) is 96.4 Å². The van der Waals surface area contributed by atoms with Gasteiger partial charge in [-0.3, -0.25) is 0 Å². The minimum atomic E-state index is 0.470. The predicted molar refractivity (Wildman–Crippen MR) is 420 cm³/mol. The van der Waals surface area contributed by atoms with E-state index in [1.807, 2.05) is 22.7 Å². The maximum absolute atomic E-state index is 2.60. The first-order valence-corrected chi connectivity index (χ1v) is 35.7. The standard InChI is InChI=1S/C92H72N4S2/c1-7-19-73(20-8-1)89-63-65-91(97-89)75-43-59-87(60-44-75)95(79-27-15-5-16-28-79)85-55-39-71(40-56-85)69-35-51-83(52-36-69)93(77-23-11-3-12-24-77)81-47-31-67(32-48-81)68-33-49-82(50-34-68)94(78-25-13-4-14-26-78)84-53-37-70(38-54-84)72-41-57-86(58-42-72)96(80-29-17-6-18-30-80)88-61-45-76(46-62-88)92-66-64-90(98-92)74-21-9-2-10-22-74/h1-5,7-16,19-28,31-66,80H,6,17-18,29-30H2. The Morgan fingerprint density at radius 1 is 0.173 bits per heavy atom. The molecule has 2 heterocycles. The van der Waals surface area contributed by atoms with Crippen LogP contribution in [-0.2, 0) is 0 Å². The number of rotatable bonds is 19. The summed E-state index contributed by atoms with van der Waals surface area (Å²) in [6.45, 7) is 0. The van der Waals surface area contributed by atoms with Crippen LogP contribution in [0.15, 0.2) is 370 Å². The van der Waals surface area contributed by atoms with Crippen molar-refractivity contribution in [1.82, 2.24) is 0 Å². The lowest BCUT2D eigenvalue weighted by molar-refractivity contribution is 0.436. The van der Waals surface area contributed by atoms with E-state index in [9.17, 15) is 0 Å². The van der Waals surface area contributed by atoms with Crippen LogP contribution in [0.3, 0.4) is 0 Å². The third kappa shape index (κ3) is 13.3. The van der Waals surface area contributed by atoms with Gasteiger partial charge in [-0.05, 0) is 226 Å². The average Bonchev–Trinajstić information content (AvgIpc) is 1.11. The number of hydrogen-bond donors (Lipinski definition) is 0. The van der Waals surface area contributed by atoms with Gasteiger partial charge in [0.25, 0.3) is 0 Å². The Kier molecular flexibility index (Phi) is 17.8. The first kappa shape index (κ1) is 61.3. The quantitative estimate of drug-likeness (QED) is 0.0800. The fourth-order valence-electron chi connectivity index (χ4n) is 13.9.